The van der Waals surface area contributed by atoms with Crippen LogP contribution in [0.15, 0.2) is 30.3 Å². The van der Waals surface area contributed by atoms with E-state index in [1.165, 1.54) is 4.90 Å². The van der Waals surface area contributed by atoms with Crippen LogP contribution in [0.2, 0.25) is 0 Å². The lowest BCUT2D eigenvalue weighted by Crippen LogP contribution is -2.53. The fraction of sp³-hybridized carbons (Fsp3) is 0.471. The van der Waals surface area contributed by atoms with Crippen LogP contribution in [0, 0.1) is 5.92 Å². The zero-order chi connectivity index (χ0) is 17.7. The molecule has 1 N–H and O–H groups in total. The van der Waals surface area contributed by atoms with Gasteiger partial charge in [0.05, 0.1) is 5.92 Å². The number of hydrogen-bond acceptors (Lipinski definition) is 4. The molecule has 2 unspecified atom stereocenters. The van der Waals surface area contributed by atoms with Gasteiger partial charge in [-0.1, -0.05) is 30.3 Å². The zero-order valence-electron chi connectivity index (χ0n) is 13.8. The highest BCUT2D eigenvalue weighted by Gasteiger charge is 2.39. The Morgan fingerprint density at radius 1 is 1.21 bits per heavy atom. The monoisotopic (exact) mass is 334 g/mol. The first-order valence-electron chi connectivity index (χ1n) is 7.81. The topological polar surface area (TPSA) is 87.2 Å². The van der Waals surface area contributed by atoms with Crippen molar-refractivity contribution in [3.63, 3.8) is 0 Å². The van der Waals surface area contributed by atoms with Crippen molar-refractivity contribution in [2.75, 3.05) is 20.6 Å². The number of carboxylic acids is 1. The molecule has 0 radical (unpaired) electrons. The van der Waals surface area contributed by atoms with Crippen LogP contribution < -0.4 is 0 Å². The molecule has 0 aliphatic carbocycles. The van der Waals surface area contributed by atoms with Crippen LogP contribution in [0.3, 0.4) is 0 Å². The SMILES string of the molecule is CN(C)C(=O)C1CCC(C(=O)O)N(C(=O)OCc2ccccc2)C1. The van der Waals surface area contributed by atoms with Crippen LogP contribution in [0.4, 0.5) is 4.79 Å². The number of nitrogens with zero attached hydrogens (tertiary/aromatic N) is 2. The molecule has 1 aromatic carbocycles. The third-order valence-corrected chi connectivity index (χ3v) is 4.10. The molecule has 1 aliphatic rings. The second-order valence-electron chi connectivity index (χ2n) is 6.05. The van der Waals surface area contributed by atoms with Crippen molar-refractivity contribution in [3.05, 3.63) is 35.9 Å². The minimum atomic E-state index is -1.08. The fourth-order valence-electron chi connectivity index (χ4n) is 2.80. The minimum absolute atomic E-state index is 0.0571. The Morgan fingerprint density at radius 3 is 2.46 bits per heavy atom. The summed E-state index contributed by atoms with van der Waals surface area (Å²) in [5.41, 5.74) is 0.815. The molecule has 1 aromatic rings. The molecule has 7 heteroatoms. The van der Waals surface area contributed by atoms with Gasteiger partial charge in [0.2, 0.25) is 5.91 Å². The molecule has 0 bridgehead atoms. The van der Waals surface area contributed by atoms with Gasteiger partial charge < -0.3 is 14.7 Å². The molecule has 0 saturated carbocycles. The number of carbonyl (C=O) groups excluding carboxylic acids is 2. The number of carbonyl (C=O) groups is 3. The van der Waals surface area contributed by atoms with Gasteiger partial charge in [0.25, 0.3) is 0 Å². The predicted octanol–water partition coefficient (Wildman–Crippen LogP) is 1.58. The highest BCUT2D eigenvalue weighted by Crippen LogP contribution is 2.24. The maximum absolute atomic E-state index is 12.3. The van der Waals surface area contributed by atoms with Gasteiger partial charge in [0.1, 0.15) is 12.6 Å². The van der Waals surface area contributed by atoms with Gasteiger partial charge in [-0.25, -0.2) is 9.59 Å². The highest BCUT2D eigenvalue weighted by molar-refractivity contribution is 5.83. The van der Waals surface area contributed by atoms with E-state index in [1.54, 1.807) is 14.1 Å². The first-order valence-corrected chi connectivity index (χ1v) is 7.81. The molecule has 1 heterocycles. The molecule has 0 spiro atoms. The van der Waals surface area contributed by atoms with Crippen LogP contribution in [0.1, 0.15) is 18.4 Å². The molecule has 1 aliphatic heterocycles. The van der Waals surface area contributed by atoms with E-state index in [2.05, 4.69) is 0 Å². The van der Waals surface area contributed by atoms with Crippen molar-refractivity contribution in [3.8, 4) is 0 Å². The lowest BCUT2D eigenvalue weighted by Gasteiger charge is -2.36. The summed E-state index contributed by atoms with van der Waals surface area (Å²) in [6.07, 6.45) is -0.0290. The van der Waals surface area contributed by atoms with Crippen molar-refractivity contribution in [1.82, 2.24) is 9.80 Å². The maximum Gasteiger partial charge on any atom is 0.410 e. The van der Waals surface area contributed by atoms with E-state index in [0.29, 0.717) is 6.42 Å². The highest BCUT2D eigenvalue weighted by atomic mass is 16.6. The molecule has 24 heavy (non-hydrogen) atoms. The van der Waals surface area contributed by atoms with E-state index in [1.807, 2.05) is 30.3 Å². The van der Waals surface area contributed by atoms with Gasteiger partial charge in [-0.05, 0) is 18.4 Å². The summed E-state index contributed by atoms with van der Waals surface area (Å²) < 4.78 is 5.24. The Balaban J connectivity index is 2.05. The van der Waals surface area contributed by atoms with Crippen molar-refractivity contribution in [2.45, 2.75) is 25.5 Å². The summed E-state index contributed by atoms with van der Waals surface area (Å²) in [6, 6.07) is 8.19. The number of piperidine rings is 1. The summed E-state index contributed by atoms with van der Waals surface area (Å²) in [5, 5.41) is 9.33. The van der Waals surface area contributed by atoms with Gasteiger partial charge in [0.15, 0.2) is 0 Å². The number of amides is 2. The number of likely N-dealkylation sites (tertiary alicyclic amines) is 1. The van der Waals surface area contributed by atoms with Crippen molar-refractivity contribution >= 4 is 18.0 Å². The number of carboxylic acid groups (broad SMARTS) is 1. The van der Waals surface area contributed by atoms with E-state index in [-0.39, 0.29) is 25.5 Å². The van der Waals surface area contributed by atoms with Crippen LogP contribution in [-0.2, 0) is 20.9 Å². The van der Waals surface area contributed by atoms with Crippen molar-refractivity contribution in [2.24, 2.45) is 5.92 Å². The number of aliphatic carboxylic acids is 1. The molecule has 2 atom stereocenters. The molecular formula is C17H22N2O5. The van der Waals surface area contributed by atoms with E-state index in [4.69, 9.17) is 4.74 Å². The smallest absolute Gasteiger partial charge is 0.410 e. The average molecular weight is 334 g/mol. The predicted molar refractivity (Wildman–Crippen MR) is 86.2 cm³/mol. The molecular weight excluding hydrogens is 312 g/mol. The number of benzene rings is 1. The maximum atomic E-state index is 12.3. The number of ether oxygens (including phenoxy) is 1. The summed E-state index contributed by atoms with van der Waals surface area (Å²) in [7, 11) is 3.29. The second kappa shape index (κ2) is 7.81. The van der Waals surface area contributed by atoms with E-state index in [9.17, 15) is 19.5 Å². The Kier molecular flexibility index (Phi) is 5.78. The van der Waals surface area contributed by atoms with Crippen LogP contribution in [0.5, 0.6) is 0 Å². The number of hydrogen-bond donors (Lipinski definition) is 1. The number of rotatable bonds is 4. The molecule has 130 valence electrons. The lowest BCUT2D eigenvalue weighted by molar-refractivity contribution is -0.147. The standard InChI is InChI=1S/C17H22N2O5/c1-18(2)15(20)13-8-9-14(16(21)22)19(10-13)17(23)24-11-12-6-4-3-5-7-12/h3-7,13-14H,8-11H2,1-2H3,(H,21,22). The molecule has 2 amide bonds. The summed E-state index contributed by atoms with van der Waals surface area (Å²) >= 11 is 0. The second-order valence-corrected chi connectivity index (χ2v) is 6.05. The molecule has 1 fully saturated rings. The zero-order valence-corrected chi connectivity index (χ0v) is 13.8. The van der Waals surface area contributed by atoms with Gasteiger partial charge >= 0.3 is 12.1 Å². The van der Waals surface area contributed by atoms with E-state index in [0.717, 1.165) is 10.5 Å². The lowest BCUT2D eigenvalue weighted by atomic mass is 9.92. The van der Waals surface area contributed by atoms with Gasteiger partial charge in [-0.3, -0.25) is 9.69 Å². The third-order valence-electron chi connectivity index (χ3n) is 4.10. The molecule has 0 aromatic heterocycles. The Hall–Kier alpha value is -2.57. The average Bonchev–Trinajstić information content (AvgIpc) is 2.59. The van der Waals surface area contributed by atoms with Crippen molar-refractivity contribution < 1.29 is 24.2 Å². The molecule has 2 rings (SSSR count). The van der Waals surface area contributed by atoms with E-state index >= 15 is 0 Å². The first-order chi connectivity index (χ1) is 11.4. The Morgan fingerprint density at radius 2 is 1.88 bits per heavy atom. The Bertz CT molecular complexity index is 602. The van der Waals surface area contributed by atoms with Gasteiger partial charge in [0, 0.05) is 20.6 Å². The summed E-state index contributed by atoms with van der Waals surface area (Å²) in [6.45, 7) is 0.121. The molecule has 1 saturated heterocycles. The third kappa shape index (κ3) is 4.24. The normalized spacial score (nSPS) is 20.3. The summed E-state index contributed by atoms with van der Waals surface area (Å²) in [4.78, 5) is 38.5. The Labute approximate surface area is 140 Å². The quantitative estimate of drug-likeness (QED) is 0.903. The fourth-order valence-corrected chi connectivity index (χ4v) is 2.80. The van der Waals surface area contributed by atoms with Crippen LogP contribution >= 0.6 is 0 Å². The first kappa shape index (κ1) is 17.8. The summed E-state index contributed by atoms with van der Waals surface area (Å²) in [5.74, 6) is -1.60. The minimum Gasteiger partial charge on any atom is -0.480 e. The van der Waals surface area contributed by atoms with Crippen LogP contribution in [0.25, 0.3) is 0 Å². The van der Waals surface area contributed by atoms with Crippen molar-refractivity contribution in [1.29, 1.82) is 0 Å². The largest absolute Gasteiger partial charge is 0.480 e. The van der Waals surface area contributed by atoms with Crippen LogP contribution in [-0.4, -0.2) is 59.6 Å². The van der Waals surface area contributed by atoms with Gasteiger partial charge in [-0.15, -0.1) is 0 Å². The van der Waals surface area contributed by atoms with Gasteiger partial charge in [-0.2, -0.15) is 0 Å². The molecule has 7 nitrogen and oxygen atoms in total. The van der Waals surface area contributed by atoms with E-state index < -0.39 is 24.0 Å².